The van der Waals surface area contributed by atoms with Gasteiger partial charge in [-0.1, -0.05) is 11.6 Å². The van der Waals surface area contributed by atoms with Gasteiger partial charge in [0.15, 0.2) is 0 Å². The van der Waals surface area contributed by atoms with Gasteiger partial charge in [-0.25, -0.2) is 9.37 Å². The number of nitrogens with zero attached hydrogens (tertiary/aromatic N) is 1. The van der Waals surface area contributed by atoms with Crippen molar-refractivity contribution >= 4 is 29.0 Å². The predicted octanol–water partition coefficient (Wildman–Crippen LogP) is 2.50. The Balaban J connectivity index is 1.62. The zero-order valence-electron chi connectivity index (χ0n) is 14.8. The van der Waals surface area contributed by atoms with E-state index in [1.165, 1.54) is 20.0 Å². The number of carbonyl (C=O) groups is 2. The Labute approximate surface area is 156 Å². The van der Waals surface area contributed by atoms with Gasteiger partial charge in [0, 0.05) is 25.1 Å². The number of pyridine rings is 1. The second-order valence-electron chi connectivity index (χ2n) is 8.03. The van der Waals surface area contributed by atoms with E-state index in [9.17, 15) is 19.1 Å². The van der Waals surface area contributed by atoms with E-state index in [1.54, 1.807) is 6.07 Å². The van der Waals surface area contributed by atoms with Crippen LogP contribution in [0.2, 0.25) is 5.15 Å². The molecule has 3 N–H and O–H groups in total. The number of hydrogen-bond acceptors (Lipinski definition) is 5. The number of alkyl halides is 1. The molecular weight excluding hydrogens is 361 g/mol. The Morgan fingerprint density at radius 1 is 1.50 bits per heavy atom. The third kappa shape index (κ3) is 3.99. The Kier molecular flexibility index (Phi) is 4.96. The Morgan fingerprint density at radius 2 is 2.15 bits per heavy atom. The third-order valence-electron chi connectivity index (χ3n) is 5.19. The summed E-state index contributed by atoms with van der Waals surface area (Å²) in [6.07, 6.45) is 2.80. The fourth-order valence-corrected chi connectivity index (χ4v) is 3.80. The van der Waals surface area contributed by atoms with Crippen molar-refractivity contribution in [2.45, 2.75) is 57.3 Å². The number of hydrogen-bond donors (Lipinski definition) is 3. The molecule has 1 aromatic rings. The number of nitrogens with one attached hydrogen (secondary N) is 2. The van der Waals surface area contributed by atoms with Crippen molar-refractivity contribution in [2.24, 2.45) is 5.41 Å². The van der Waals surface area contributed by atoms with Crippen LogP contribution in [0.4, 0.5) is 10.1 Å². The molecule has 3 rings (SSSR count). The fourth-order valence-electron chi connectivity index (χ4n) is 3.64. The lowest BCUT2D eigenvalue weighted by Crippen LogP contribution is -2.53. The van der Waals surface area contributed by atoms with Crippen molar-refractivity contribution in [3.63, 3.8) is 0 Å². The van der Waals surface area contributed by atoms with Crippen LogP contribution in [0.3, 0.4) is 0 Å². The molecule has 2 aliphatic carbocycles. The lowest BCUT2D eigenvalue weighted by Gasteiger charge is -2.53. The second-order valence-corrected chi connectivity index (χ2v) is 8.41. The zero-order valence-corrected chi connectivity index (χ0v) is 15.6. The first kappa shape index (κ1) is 19.0. The molecule has 142 valence electrons. The van der Waals surface area contributed by atoms with Crippen LogP contribution in [-0.4, -0.2) is 46.1 Å². The van der Waals surface area contributed by atoms with Gasteiger partial charge in [-0.05, 0) is 38.2 Å². The van der Waals surface area contributed by atoms with Crippen LogP contribution in [-0.2, 0) is 4.79 Å². The molecule has 2 aliphatic rings. The molecule has 0 saturated heterocycles. The topological polar surface area (TPSA) is 91.3 Å². The van der Waals surface area contributed by atoms with Gasteiger partial charge >= 0.3 is 0 Å². The molecule has 1 heterocycles. The number of Topliss-reactive ketones (excluding diaryl/α,β-unsaturated/α-hetero) is 1. The summed E-state index contributed by atoms with van der Waals surface area (Å²) in [6, 6.07) is 1.73. The van der Waals surface area contributed by atoms with Crippen LogP contribution in [0.1, 0.15) is 49.9 Å². The molecule has 26 heavy (non-hydrogen) atoms. The summed E-state index contributed by atoms with van der Waals surface area (Å²) in [5.74, 6) is -0.181. The number of aliphatic hydroxyl groups is 1. The van der Waals surface area contributed by atoms with Gasteiger partial charge in [-0.2, -0.15) is 0 Å². The molecule has 1 spiro atoms. The minimum atomic E-state index is -1.59. The first-order chi connectivity index (χ1) is 12.1. The summed E-state index contributed by atoms with van der Waals surface area (Å²) in [4.78, 5) is 27.5. The number of rotatable bonds is 6. The lowest BCUT2D eigenvalue weighted by molar-refractivity contribution is -0.138. The quantitative estimate of drug-likeness (QED) is 0.656. The summed E-state index contributed by atoms with van der Waals surface area (Å²) >= 11 is 5.95. The molecular formula is C18H23ClFN3O3. The highest BCUT2D eigenvalue weighted by Gasteiger charge is 2.52. The standard InChI is InChI=1S/C18H23ClFN3O3/c1-17(2,26)14(20)9-22-16(25)12-8-21-15(19)3-13(12)23-10-4-18(5-10)6-11(24)7-18/h3,8,10,14,26H,4-7,9H2,1-2H3,(H,21,23)(H,22,25). The summed E-state index contributed by atoms with van der Waals surface area (Å²) in [6.45, 7) is 2.38. The highest BCUT2D eigenvalue weighted by molar-refractivity contribution is 6.29. The molecule has 0 aromatic carbocycles. The third-order valence-corrected chi connectivity index (χ3v) is 5.39. The number of amides is 1. The molecule has 1 unspecified atom stereocenters. The van der Waals surface area contributed by atoms with Crippen LogP contribution < -0.4 is 10.6 Å². The van der Waals surface area contributed by atoms with Gasteiger partial charge in [0.2, 0.25) is 0 Å². The van der Waals surface area contributed by atoms with Crippen LogP contribution in [0.5, 0.6) is 0 Å². The molecule has 0 radical (unpaired) electrons. The normalized spacial score (nSPS) is 20.3. The van der Waals surface area contributed by atoms with Crippen LogP contribution in [0.15, 0.2) is 12.3 Å². The van der Waals surface area contributed by atoms with Gasteiger partial charge in [0.05, 0.1) is 23.4 Å². The molecule has 2 fully saturated rings. The molecule has 8 heteroatoms. The molecule has 2 saturated carbocycles. The first-order valence-corrected chi connectivity index (χ1v) is 9.04. The first-order valence-electron chi connectivity index (χ1n) is 8.66. The van der Waals surface area contributed by atoms with Crippen molar-refractivity contribution < 1.29 is 19.1 Å². The molecule has 0 aliphatic heterocycles. The van der Waals surface area contributed by atoms with Crippen molar-refractivity contribution in [3.05, 3.63) is 23.0 Å². The minimum Gasteiger partial charge on any atom is -0.387 e. The molecule has 1 atom stereocenters. The second kappa shape index (κ2) is 6.78. The van der Waals surface area contributed by atoms with Crippen molar-refractivity contribution in [3.8, 4) is 0 Å². The zero-order chi connectivity index (χ0) is 19.1. The largest absolute Gasteiger partial charge is 0.387 e. The van der Waals surface area contributed by atoms with Crippen molar-refractivity contribution in [2.75, 3.05) is 11.9 Å². The van der Waals surface area contributed by atoms with E-state index < -0.39 is 17.7 Å². The Hall–Kier alpha value is -1.73. The summed E-state index contributed by atoms with van der Waals surface area (Å²) in [7, 11) is 0. The fraction of sp³-hybridized carbons (Fsp3) is 0.611. The van der Waals surface area contributed by atoms with E-state index >= 15 is 0 Å². The van der Waals surface area contributed by atoms with Crippen molar-refractivity contribution in [1.82, 2.24) is 10.3 Å². The summed E-state index contributed by atoms with van der Waals surface area (Å²) < 4.78 is 13.8. The van der Waals surface area contributed by atoms with E-state index in [-0.39, 0.29) is 28.7 Å². The maximum atomic E-state index is 13.8. The van der Waals surface area contributed by atoms with Crippen LogP contribution in [0.25, 0.3) is 0 Å². The highest BCUT2D eigenvalue weighted by Crippen LogP contribution is 2.54. The molecule has 6 nitrogen and oxygen atoms in total. The van der Waals surface area contributed by atoms with Gasteiger partial charge in [0.25, 0.3) is 5.91 Å². The summed E-state index contributed by atoms with van der Waals surface area (Å²) in [5, 5.41) is 15.6. The summed E-state index contributed by atoms with van der Waals surface area (Å²) in [5.41, 5.74) is -0.593. The number of aromatic nitrogens is 1. The van der Waals surface area contributed by atoms with E-state index in [0.29, 0.717) is 24.3 Å². The monoisotopic (exact) mass is 383 g/mol. The Bertz CT molecular complexity index is 719. The maximum absolute atomic E-state index is 13.8. The highest BCUT2D eigenvalue weighted by atomic mass is 35.5. The average molecular weight is 384 g/mol. The molecule has 0 bridgehead atoms. The van der Waals surface area contributed by atoms with Crippen LogP contribution in [0, 0.1) is 5.41 Å². The molecule has 1 aromatic heterocycles. The van der Waals surface area contributed by atoms with E-state index in [4.69, 9.17) is 11.6 Å². The van der Waals surface area contributed by atoms with Crippen LogP contribution >= 0.6 is 11.6 Å². The van der Waals surface area contributed by atoms with Gasteiger partial charge < -0.3 is 15.7 Å². The number of halogens is 2. The van der Waals surface area contributed by atoms with E-state index in [2.05, 4.69) is 15.6 Å². The SMILES string of the molecule is CC(C)(O)C(F)CNC(=O)c1cnc(Cl)cc1NC1CC2(CC(=O)C2)C1. The number of anilines is 1. The number of carbonyl (C=O) groups excluding carboxylic acids is 2. The molecule has 1 amide bonds. The van der Waals surface area contributed by atoms with E-state index in [0.717, 1.165) is 12.8 Å². The van der Waals surface area contributed by atoms with Crippen molar-refractivity contribution in [1.29, 1.82) is 0 Å². The average Bonchev–Trinajstić information content (AvgIpc) is 2.48. The number of ketones is 1. The van der Waals surface area contributed by atoms with Gasteiger partial charge in [-0.15, -0.1) is 0 Å². The van der Waals surface area contributed by atoms with Gasteiger partial charge in [-0.3, -0.25) is 9.59 Å². The van der Waals surface area contributed by atoms with E-state index in [1.807, 2.05) is 0 Å². The Morgan fingerprint density at radius 3 is 2.73 bits per heavy atom. The lowest BCUT2D eigenvalue weighted by atomic mass is 9.53. The predicted molar refractivity (Wildman–Crippen MR) is 96.1 cm³/mol. The van der Waals surface area contributed by atoms with Gasteiger partial charge in [0.1, 0.15) is 17.1 Å². The maximum Gasteiger partial charge on any atom is 0.255 e. The smallest absolute Gasteiger partial charge is 0.255 e. The minimum absolute atomic E-state index is 0.141.